The molecule has 1 aliphatic rings. The molecular formula is C17H20N6OS. The number of urea groups is 1. The van der Waals surface area contributed by atoms with Gasteiger partial charge >= 0.3 is 6.03 Å². The number of hydrogen-bond donors (Lipinski definition) is 1. The van der Waals surface area contributed by atoms with Gasteiger partial charge in [-0.15, -0.1) is 10.2 Å². The highest BCUT2D eigenvalue weighted by Crippen LogP contribution is 2.42. The molecule has 1 aromatic carbocycles. The minimum absolute atomic E-state index is 0.201. The predicted molar refractivity (Wildman–Crippen MR) is 97.8 cm³/mol. The van der Waals surface area contributed by atoms with E-state index in [0.717, 1.165) is 28.4 Å². The van der Waals surface area contributed by atoms with E-state index in [9.17, 15) is 4.79 Å². The molecule has 3 aromatic rings. The van der Waals surface area contributed by atoms with Crippen molar-refractivity contribution in [2.24, 2.45) is 0 Å². The first-order chi connectivity index (χ1) is 12.2. The van der Waals surface area contributed by atoms with E-state index < -0.39 is 0 Å². The maximum Gasteiger partial charge on any atom is 0.323 e. The van der Waals surface area contributed by atoms with E-state index in [1.807, 2.05) is 18.2 Å². The van der Waals surface area contributed by atoms with Gasteiger partial charge in [0.05, 0.1) is 17.6 Å². The number of imidazole rings is 1. The first-order valence-corrected chi connectivity index (χ1v) is 9.27. The van der Waals surface area contributed by atoms with E-state index in [-0.39, 0.29) is 6.03 Å². The summed E-state index contributed by atoms with van der Waals surface area (Å²) in [7, 11) is 1.76. The van der Waals surface area contributed by atoms with Crippen molar-refractivity contribution in [1.29, 1.82) is 0 Å². The smallest absolute Gasteiger partial charge is 0.323 e. The number of fused-ring (bicyclic) bond motifs is 1. The lowest BCUT2D eigenvalue weighted by Crippen LogP contribution is -2.31. The number of aryl methyl sites for hydroxylation is 1. The van der Waals surface area contributed by atoms with Crippen molar-refractivity contribution in [2.45, 2.75) is 38.8 Å². The van der Waals surface area contributed by atoms with E-state index >= 15 is 0 Å². The number of rotatable bonds is 5. The van der Waals surface area contributed by atoms with Crippen molar-refractivity contribution in [3.63, 3.8) is 0 Å². The SMILES string of the molecule is CCn1c(CN(C)C(=O)Nc2nnc(C3CC3)s2)nc2ccccc21. The summed E-state index contributed by atoms with van der Waals surface area (Å²) in [6.45, 7) is 3.33. The summed E-state index contributed by atoms with van der Waals surface area (Å²) in [4.78, 5) is 18.7. The number of aromatic nitrogens is 4. The number of hydrogen-bond acceptors (Lipinski definition) is 5. The maximum atomic E-state index is 12.4. The molecule has 2 amide bonds. The van der Waals surface area contributed by atoms with E-state index in [1.54, 1.807) is 11.9 Å². The summed E-state index contributed by atoms with van der Waals surface area (Å²) in [6.07, 6.45) is 2.35. The van der Waals surface area contributed by atoms with Crippen LogP contribution in [0.3, 0.4) is 0 Å². The van der Waals surface area contributed by atoms with E-state index in [2.05, 4.69) is 38.1 Å². The second-order valence-corrected chi connectivity index (χ2v) is 7.28. The van der Waals surface area contributed by atoms with Crippen LogP contribution in [0.1, 0.15) is 36.5 Å². The number of carbonyl (C=O) groups is 1. The highest BCUT2D eigenvalue weighted by Gasteiger charge is 2.28. The fraction of sp³-hybridized carbons (Fsp3) is 0.412. The Hall–Kier alpha value is -2.48. The topological polar surface area (TPSA) is 75.9 Å². The Morgan fingerprint density at radius 3 is 2.92 bits per heavy atom. The molecule has 1 aliphatic carbocycles. The molecule has 130 valence electrons. The third kappa shape index (κ3) is 3.21. The Morgan fingerprint density at radius 1 is 1.36 bits per heavy atom. The van der Waals surface area contributed by atoms with Crippen molar-refractivity contribution >= 4 is 33.5 Å². The zero-order valence-corrected chi connectivity index (χ0v) is 15.1. The molecule has 0 bridgehead atoms. The first-order valence-electron chi connectivity index (χ1n) is 8.45. The largest absolute Gasteiger partial charge is 0.327 e. The molecule has 8 heteroatoms. The molecule has 1 N–H and O–H groups in total. The van der Waals surface area contributed by atoms with Crippen molar-refractivity contribution in [1.82, 2.24) is 24.6 Å². The van der Waals surface area contributed by atoms with Gasteiger partial charge in [-0.3, -0.25) is 5.32 Å². The van der Waals surface area contributed by atoms with Gasteiger partial charge in [-0.1, -0.05) is 23.5 Å². The highest BCUT2D eigenvalue weighted by atomic mass is 32.1. The van der Waals surface area contributed by atoms with Crippen molar-refractivity contribution in [3.05, 3.63) is 35.1 Å². The fourth-order valence-electron chi connectivity index (χ4n) is 2.85. The zero-order chi connectivity index (χ0) is 17.4. The van der Waals surface area contributed by atoms with Gasteiger partial charge in [-0.2, -0.15) is 0 Å². The van der Waals surface area contributed by atoms with Crippen LogP contribution in [-0.2, 0) is 13.1 Å². The number of benzene rings is 1. The van der Waals surface area contributed by atoms with Gasteiger partial charge in [0.25, 0.3) is 0 Å². The molecule has 25 heavy (non-hydrogen) atoms. The van der Waals surface area contributed by atoms with Gasteiger partial charge in [0.15, 0.2) is 0 Å². The molecule has 0 spiro atoms. The monoisotopic (exact) mass is 356 g/mol. The standard InChI is InChI=1S/C17H20N6OS/c1-3-23-13-7-5-4-6-12(13)18-14(23)10-22(2)17(24)19-16-21-20-15(25-16)11-8-9-11/h4-7,11H,3,8-10H2,1-2H3,(H,19,21,24). The molecule has 0 saturated heterocycles. The van der Waals surface area contributed by atoms with Gasteiger partial charge in [-0.05, 0) is 31.9 Å². The molecule has 2 heterocycles. The van der Waals surface area contributed by atoms with Crippen LogP contribution >= 0.6 is 11.3 Å². The Labute approximate surface area is 149 Å². The normalized spacial score (nSPS) is 14.0. The average Bonchev–Trinajstić information content (AvgIpc) is 3.26. The Balaban J connectivity index is 1.47. The molecular weight excluding hydrogens is 336 g/mol. The van der Waals surface area contributed by atoms with Crippen LogP contribution in [0.2, 0.25) is 0 Å². The quantitative estimate of drug-likeness (QED) is 0.760. The second kappa shape index (κ2) is 6.44. The van der Waals surface area contributed by atoms with Crippen LogP contribution in [0.15, 0.2) is 24.3 Å². The van der Waals surface area contributed by atoms with Gasteiger partial charge in [0.2, 0.25) is 5.13 Å². The predicted octanol–water partition coefficient (Wildman–Crippen LogP) is 3.45. The van der Waals surface area contributed by atoms with Gasteiger partial charge in [0.1, 0.15) is 10.8 Å². The molecule has 1 fully saturated rings. The third-order valence-corrected chi connectivity index (χ3v) is 5.36. The van der Waals surface area contributed by atoms with E-state index in [1.165, 1.54) is 24.2 Å². The summed E-state index contributed by atoms with van der Waals surface area (Å²) in [5.41, 5.74) is 2.04. The Morgan fingerprint density at radius 2 is 2.16 bits per heavy atom. The second-order valence-electron chi connectivity index (χ2n) is 6.27. The maximum absolute atomic E-state index is 12.4. The van der Waals surface area contributed by atoms with Gasteiger partial charge in [0, 0.05) is 19.5 Å². The van der Waals surface area contributed by atoms with Crippen LogP contribution in [0, 0.1) is 0 Å². The van der Waals surface area contributed by atoms with Crippen LogP contribution in [0.5, 0.6) is 0 Å². The Kier molecular flexibility index (Phi) is 4.12. The van der Waals surface area contributed by atoms with Crippen LogP contribution in [0.4, 0.5) is 9.93 Å². The van der Waals surface area contributed by atoms with Crippen molar-refractivity contribution in [3.8, 4) is 0 Å². The van der Waals surface area contributed by atoms with Crippen molar-refractivity contribution in [2.75, 3.05) is 12.4 Å². The number of carbonyl (C=O) groups excluding carboxylic acids is 1. The molecule has 0 unspecified atom stereocenters. The third-order valence-electron chi connectivity index (χ3n) is 4.36. The average molecular weight is 356 g/mol. The highest BCUT2D eigenvalue weighted by molar-refractivity contribution is 7.15. The fourth-order valence-corrected chi connectivity index (χ4v) is 3.75. The van der Waals surface area contributed by atoms with Crippen LogP contribution < -0.4 is 5.32 Å². The molecule has 0 radical (unpaired) electrons. The zero-order valence-electron chi connectivity index (χ0n) is 14.3. The molecule has 0 atom stereocenters. The number of para-hydroxylation sites is 2. The summed E-state index contributed by atoms with van der Waals surface area (Å²) in [5.74, 6) is 1.42. The molecule has 4 rings (SSSR count). The summed E-state index contributed by atoms with van der Waals surface area (Å²) in [5, 5.41) is 12.6. The molecule has 0 aliphatic heterocycles. The van der Waals surface area contributed by atoms with Crippen molar-refractivity contribution < 1.29 is 4.79 Å². The van der Waals surface area contributed by atoms with Gasteiger partial charge in [-0.25, -0.2) is 9.78 Å². The lowest BCUT2D eigenvalue weighted by molar-refractivity contribution is 0.219. The van der Waals surface area contributed by atoms with E-state index in [4.69, 9.17) is 0 Å². The van der Waals surface area contributed by atoms with Crippen LogP contribution in [0.25, 0.3) is 11.0 Å². The van der Waals surface area contributed by atoms with E-state index in [0.29, 0.717) is 17.6 Å². The summed E-state index contributed by atoms with van der Waals surface area (Å²) >= 11 is 1.47. The minimum atomic E-state index is -0.201. The number of nitrogens with zero attached hydrogens (tertiary/aromatic N) is 5. The number of nitrogens with one attached hydrogen (secondary N) is 1. The number of anilines is 1. The molecule has 2 aromatic heterocycles. The Bertz CT molecular complexity index is 913. The summed E-state index contributed by atoms with van der Waals surface area (Å²) in [6, 6.07) is 7.82. The minimum Gasteiger partial charge on any atom is -0.327 e. The lowest BCUT2D eigenvalue weighted by Gasteiger charge is -2.17. The summed E-state index contributed by atoms with van der Waals surface area (Å²) < 4.78 is 2.13. The van der Waals surface area contributed by atoms with Crippen LogP contribution in [-0.4, -0.2) is 37.7 Å². The molecule has 7 nitrogen and oxygen atoms in total. The lowest BCUT2D eigenvalue weighted by atomic mass is 10.3. The van der Waals surface area contributed by atoms with Gasteiger partial charge < -0.3 is 9.47 Å². The molecule has 1 saturated carbocycles. The first kappa shape index (κ1) is 16.0. The number of amides is 2.